The Hall–Kier alpha value is -3.43. The van der Waals surface area contributed by atoms with E-state index in [0.717, 1.165) is 0 Å². The largest absolute Gasteiger partial charge is 0.491 e. The molecule has 0 amide bonds. The molecule has 0 aliphatic heterocycles. The van der Waals surface area contributed by atoms with Crippen molar-refractivity contribution >= 4 is 57.9 Å². The third-order valence-electron chi connectivity index (χ3n) is 6.67. The fourth-order valence-electron chi connectivity index (χ4n) is 4.97. The Morgan fingerprint density at radius 1 is 0.698 bits per heavy atom. The second-order valence-corrected chi connectivity index (χ2v) is 12.7. The molecule has 0 unspecified atom stereocenters. The van der Waals surface area contributed by atoms with Crippen molar-refractivity contribution < 1.29 is 41.8 Å². The SMILES string of the molecule is CC(=O)OC1=C(c2ccccc2Cl)C(=O)CC(C)(C)C1.CC1(C)CC(=O)C(c2ccccc2Cl)=C(OC(=O)C(F)(F)F)C1. The lowest BCUT2D eigenvalue weighted by atomic mass is 9.75. The van der Waals surface area contributed by atoms with Crippen molar-refractivity contribution in [3.05, 3.63) is 81.2 Å². The molecule has 2 aliphatic carbocycles. The van der Waals surface area contributed by atoms with Gasteiger partial charge in [0, 0.05) is 53.8 Å². The van der Waals surface area contributed by atoms with Gasteiger partial charge in [0.15, 0.2) is 11.6 Å². The number of Topliss-reactive ketones (excluding diaryl/α,β-unsaturated/α-hetero) is 2. The summed E-state index contributed by atoms with van der Waals surface area (Å²) in [7, 11) is 0. The van der Waals surface area contributed by atoms with Crippen molar-refractivity contribution in [2.45, 2.75) is 66.5 Å². The van der Waals surface area contributed by atoms with Crippen LogP contribution in [0.2, 0.25) is 10.0 Å². The molecule has 2 aliphatic rings. The number of rotatable bonds is 4. The van der Waals surface area contributed by atoms with E-state index in [1.165, 1.54) is 19.1 Å². The van der Waals surface area contributed by atoms with Gasteiger partial charge in [0.05, 0.1) is 11.1 Å². The molecule has 0 fully saturated rings. The van der Waals surface area contributed by atoms with E-state index in [1.807, 2.05) is 19.9 Å². The Balaban J connectivity index is 0.000000238. The van der Waals surface area contributed by atoms with E-state index in [1.54, 1.807) is 44.2 Å². The lowest BCUT2D eigenvalue weighted by Gasteiger charge is -2.31. The molecular weight excluding hydrogens is 608 g/mol. The van der Waals surface area contributed by atoms with E-state index >= 15 is 0 Å². The number of alkyl halides is 3. The van der Waals surface area contributed by atoms with E-state index < -0.39 is 29.3 Å². The third kappa shape index (κ3) is 8.80. The van der Waals surface area contributed by atoms with Crippen molar-refractivity contribution in [3.8, 4) is 0 Å². The molecule has 2 aromatic rings. The van der Waals surface area contributed by atoms with Gasteiger partial charge in [-0.15, -0.1) is 0 Å². The van der Waals surface area contributed by atoms with Crippen LogP contribution in [0.15, 0.2) is 60.0 Å². The second kappa shape index (κ2) is 13.1. The summed E-state index contributed by atoms with van der Waals surface area (Å²) in [5.74, 6) is -3.07. The highest BCUT2D eigenvalue weighted by molar-refractivity contribution is 6.36. The van der Waals surface area contributed by atoms with E-state index in [0.29, 0.717) is 34.8 Å². The zero-order valence-electron chi connectivity index (χ0n) is 24.3. The van der Waals surface area contributed by atoms with Gasteiger partial charge in [-0.05, 0) is 23.0 Å². The summed E-state index contributed by atoms with van der Waals surface area (Å²) in [6.07, 6.45) is -4.03. The van der Waals surface area contributed by atoms with Crippen LogP contribution in [0, 0.1) is 10.8 Å². The van der Waals surface area contributed by atoms with Gasteiger partial charge in [0.25, 0.3) is 0 Å². The third-order valence-corrected chi connectivity index (χ3v) is 7.33. The second-order valence-electron chi connectivity index (χ2n) is 11.9. The molecule has 0 saturated carbocycles. The van der Waals surface area contributed by atoms with E-state index in [4.69, 9.17) is 27.9 Å². The molecule has 2 aromatic carbocycles. The van der Waals surface area contributed by atoms with Crippen LogP contribution in [-0.4, -0.2) is 29.7 Å². The normalized spacial score (nSPS) is 18.1. The number of carbonyl (C=O) groups excluding carboxylic acids is 4. The summed E-state index contributed by atoms with van der Waals surface area (Å²) in [6, 6.07) is 13.4. The van der Waals surface area contributed by atoms with E-state index in [2.05, 4.69) is 4.74 Å². The van der Waals surface area contributed by atoms with Gasteiger partial charge in [0.1, 0.15) is 11.5 Å². The van der Waals surface area contributed by atoms with Crippen LogP contribution in [0.3, 0.4) is 0 Å². The van der Waals surface area contributed by atoms with Crippen molar-refractivity contribution in [2.24, 2.45) is 10.8 Å². The highest BCUT2D eigenvalue weighted by Crippen LogP contribution is 2.44. The first-order chi connectivity index (χ1) is 19.8. The Bertz CT molecular complexity index is 1520. The number of hydrogen-bond acceptors (Lipinski definition) is 6. The Labute approximate surface area is 257 Å². The fraction of sp³-hybridized carbons (Fsp3) is 0.375. The van der Waals surface area contributed by atoms with Gasteiger partial charge in [-0.25, -0.2) is 4.79 Å². The average Bonchev–Trinajstić information content (AvgIpc) is 2.84. The Kier molecular flexibility index (Phi) is 10.3. The average molecular weight is 639 g/mol. The number of carbonyl (C=O) groups is 4. The molecule has 0 heterocycles. The highest BCUT2D eigenvalue weighted by atomic mass is 35.5. The van der Waals surface area contributed by atoms with Gasteiger partial charge >= 0.3 is 18.1 Å². The minimum absolute atomic E-state index is 0.0289. The molecule has 0 spiro atoms. The molecule has 0 bridgehead atoms. The maximum Gasteiger partial charge on any atom is 0.491 e. The van der Waals surface area contributed by atoms with Crippen LogP contribution in [0.5, 0.6) is 0 Å². The lowest BCUT2D eigenvalue weighted by molar-refractivity contribution is -0.195. The number of ketones is 2. The van der Waals surface area contributed by atoms with Crippen LogP contribution < -0.4 is 0 Å². The van der Waals surface area contributed by atoms with E-state index in [9.17, 15) is 32.3 Å². The molecular formula is C32H31Cl2F3O6. The van der Waals surface area contributed by atoms with Crippen molar-refractivity contribution in [1.82, 2.24) is 0 Å². The number of halogens is 5. The van der Waals surface area contributed by atoms with Crippen LogP contribution in [-0.2, 0) is 28.7 Å². The molecule has 43 heavy (non-hydrogen) atoms. The Morgan fingerprint density at radius 2 is 1.07 bits per heavy atom. The molecule has 230 valence electrons. The molecule has 11 heteroatoms. The quantitative estimate of drug-likeness (QED) is 0.312. The number of ether oxygens (including phenoxy) is 2. The Morgan fingerprint density at radius 3 is 1.42 bits per heavy atom. The monoisotopic (exact) mass is 638 g/mol. The maximum atomic E-state index is 12.5. The molecule has 4 rings (SSSR count). The van der Waals surface area contributed by atoms with Gasteiger partial charge in [0.2, 0.25) is 0 Å². The highest BCUT2D eigenvalue weighted by Gasteiger charge is 2.44. The topological polar surface area (TPSA) is 86.7 Å². The first kappa shape index (κ1) is 34.1. The summed E-state index contributed by atoms with van der Waals surface area (Å²) in [5.41, 5.74) is 0.443. The fourth-order valence-corrected chi connectivity index (χ4v) is 5.43. The first-order valence-electron chi connectivity index (χ1n) is 13.3. The van der Waals surface area contributed by atoms with Crippen molar-refractivity contribution in [2.75, 3.05) is 0 Å². The smallest absolute Gasteiger partial charge is 0.430 e. The summed E-state index contributed by atoms with van der Waals surface area (Å²) >= 11 is 12.2. The number of allylic oxidation sites excluding steroid dienone is 4. The molecule has 0 aromatic heterocycles. The van der Waals surface area contributed by atoms with Gasteiger partial charge in [-0.3, -0.25) is 14.4 Å². The predicted octanol–water partition coefficient (Wildman–Crippen LogP) is 8.55. The standard InChI is InChI=1S/C16H14ClF3O3.C16H17ClO3/c1-15(2)7-11(21)13(9-5-3-4-6-10(9)17)12(8-15)23-14(22)16(18,19)20;1-10(18)20-14-9-16(2,3)8-13(19)15(14)11-6-4-5-7-12(11)17/h3-6H,7-8H2,1-2H3;4-7H,8-9H2,1-3H3. The maximum absolute atomic E-state index is 12.5. The zero-order valence-corrected chi connectivity index (χ0v) is 25.8. The first-order valence-corrected chi connectivity index (χ1v) is 14.1. The van der Waals surface area contributed by atoms with Gasteiger partial charge in [-0.2, -0.15) is 13.2 Å². The summed E-state index contributed by atoms with van der Waals surface area (Å²) in [4.78, 5) is 47.3. The van der Waals surface area contributed by atoms with E-state index in [-0.39, 0.29) is 46.0 Å². The molecule has 0 radical (unpaired) electrons. The van der Waals surface area contributed by atoms with Crippen molar-refractivity contribution in [3.63, 3.8) is 0 Å². The zero-order chi connectivity index (χ0) is 32.3. The summed E-state index contributed by atoms with van der Waals surface area (Å²) < 4.78 is 47.3. The predicted molar refractivity (Wildman–Crippen MR) is 157 cm³/mol. The van der Waals surface area contributed by atoms with Gasteiger partial charge in [-0.1, -0.05) is 87.3 Å². The minimum atomic E-state index is -5.14. The molecule has 0 N–H and O–H groups in total. The number of benzene rings is 2. The number of esters is 2. The lowest BCUT2D eigenvalue weighted by Crippen LogP contribution is -2.31. The van der Waals surface area contributed by atoms with Crippen LogP contribution in [0.4, 0.5) is 13.2 Å². The summed E-state index contributed by atoms with van der Waals surface area (Å²) in [6.45, 7) is 8.74. The molecule has 0 atom stereocenters. The van der Waals surface area contributed by atoms with Crippen LogP contribution in [0.1, 0.15) is 71.4 Å². The minimum Gasteiger partial charge on any atom is -0.430 e. The number of hydrogen-bond donors (Lipinski definition) is 0. The molecule has 0 saturated heterocycles. The van der Waals surface area contributed by atoms with Crippen molar-refractivity contribution in [1.29, 1.82) is 0 Å². The molecule has 6 nitrogen and oxygen atoms in total. The van der Waals surface area contributed by atoms with Gasteiger partial charge < -0.3 is 9.47 Å². The summed E-state index contributed by atoms with van der Waals surface area (Å²) in [5, 5.41) is 0.691. The van der Waals surface area contributed by atoms with Crippen LogP contribution >= 0.6 is 23.2 Å². The van der Waals surface area contributed by atoms with Crippen LogP contribution in [0.25, 0.3) is 11.1 Å².